The molecule has 1 aromatic rings. The van der Waals surface area contributed by atoms with Crippen LogP contribution in [0.2, 0.25) is 0 Å². The summed E-state index contributed by atoms with van der Waals surface area (Å²) in [5, 5.41) is 9.17. The molecule has 0 atom stereocenters. The third kappa shape index (κ3) is 2.79. The first-order valence-corrected chi connectivity index (χ1v) is 5.25. The van der Waals surface area contributed by atoms with Crippen LogP contribution in [0.5, 0.6) is 5.88 Å². The molecule has 1 aromatic heterocycles. The molecule has 15 heavy (non-hydrogen) atoms. The van der Waals surface area contributed by atoms with Gasteiger partial charge in [0, 0.05) is 0 Å². The van der Waals surface area contributed by atoms with Crippen molar-refractivity contribution >= 4 is 0 Å². The molecule has 5 nitrogen and oxygen atoms in total. The van der Waals surface area contributed by atoms with E-state index in [1.165, 1.54) is 19.3 Å². The number of hydrogen-bond donors (Lipinski definition) is 2. The molecule has 0 bridgehead atoms. The lowest BCUT2D eigenvalue weighted by Crippen LogP contribution is -2.30. The maximum atomic E-state index is 11.1. The fourth-order valence-electron chi connectivity index (χ4n) is 1.90. The fourth-order valence-corrected chi connectivity index (χ4v) is 1.90. The van der Waals surface area contributed by atoms with Crippen LogP contribution in [0.4, 0.5) is 0 Å². The lowest BCUT2D eigenvalue weighted by atomic mass is 10.1. The van der Waals surface area contributed by atoms with Crippen LogP contribution < -0.4 is 5.56 Å². The Kier molecular flexibility index (Phi) is 3.01. The summed E-state index contributed by atoms with van der Waals surface area (Å²) in [6, 6.07) is 1.08. The summed E-state index contributed by atoms with van der Waals surface area (Å²) in [5.74, 6) is 0.340. The lowest BCUT2D eigenvalue weighted by Gasteiger charge is -2.25. The van der Waals surface area contributed by atoms with Gasteiger partial charge in [-0.2, -0.15) is 4.98 Å². The van der Waals surface area contributed by atoms with E-state index in [1.54, 1.807) is 0 Å². The van der Waals surface area contributed by atoms with Gasteiger partial charge in [-0.15, -0.1) is 0 Å². The van der Waals surface area contributed by atoms with Gasteiger partial charge in [-0.05, 0) is 25.9 Å². The third-order valence-electron chi connectivity index (χ3n) is 2.60. The second-order valence-corrected chi connectivity index (χ2v) is 3.89. The van der Waals surface area contributed by atoms with E-state index in [0.29, 0.717) is 12.4 Å². The van der Waals surface area contributed by atoms with Crippen LogP contribution in [0.25, 0.3) is 0 Å². The molecule has 0 aromatic carbocycles. The zero-order chi connectivity index (χ0) is 10.7. The number of nitrogens with zero attached hydrogens (tertiary/aromatic N) is 2. The Balaban J connectivity index is 2.06. The van der Waals surface area contributed by atoms with E-state index >= 15 is 0 Å². The zero-order valence-electron chi connectivity index (χ0n) is 8.57. The highest BCUT2D eigenvalue weighted by Crippen LogP contribution is 2.11. The average Bonchev–Trinajstić information content (AvgIpc) is 2.17. The van der Waals surface area contributed by atoms with Crippen molar-refractivity contribution in [1.82, 2.24) is 14.9 Å². The topological polar surface area (TPSA) is 69.2 Å². The van der Waals surface area contributed by atoms with Crippen LogP contribution in [0.15, 0.2) is 10.9 Å². The van der Waals surface area contributed by atoms with Gasteiger partial charge in [0.15, 0.2) is 0 Å². The summed E-state index contributed by atoms with van der Waals surface area (Å²) in [4.78, 5) is 19.8. The molecule has 2 N–H and O–H groups in total. The first-order valence-electron chi connectivity index (χ1n) is 5.25. The van der Waals surface area contributed by atoms with E-state index in [-0.39, 0.29) is 11.4 Å². The number of likely N-dealkylation sites (tertiary alicyclic amines) is 1. The highest BCUT2D eigenvalue weighted by Gasteiger charge is 2.11. The summed E-state index contributed by atoms with van der Waals surface area (Å²) in [5.41, 5.74) is -0.297. The number of aromatic nitrogens is 2. The van der Waals surface area contributed by atoms with Gasteiger partial charge >= 0.3 is 0 Å². The van der Waals surface area contributed by atoms with Gasteiger partial charge in [-0.3, -0.25) is 9.69 Å². The fraction of sp³-hybridized carbons (Fsp3) is 0.600. The van der Waals surface area contributed by atoms with Crippen molar-refractivity contribution in [3.8, 4) is 5.88 Å². The molecule has 1 aliphatic heterocycles. The molecule has 0 amide bonds. The zero-order valence-corrected chi connectivity index (χ0v) is 8.57. The summed E-state index contributed by atoms with van der Waals surface area (Å²) in [6.07, 6.45) is 3.67. The Hall–Kier alpha value is -1.36. The van der Waals surface area contributed by atoms with Crippen molar-refractivity contribution in [2.45, 2.75) is 25.8 Å². The van der Waals surface area contributed by atoms with E-state index in [0.717, 1.165) is 19.2 Å². The van der Waals surface area contributed by atoms with E-state index in [2.05, 4.69) is 14.9 Å². The second kappa shape index (κ2) is 4.44. The van der Waals surface area contributed by atoms with E-state index in [9.17, 15) is 9.90 Å². The van der Waals surface area contributed by atoms with E-state index < -0.39 is 0 Å². The summed E-state index contributed by atoms with van der Waals surface area (Å²) >= 11 is 0. The Morgan fingerprint density at radius 1 is 1.40 bits per heavy atom. The molecule has 0 spiro atoms. The van der Waals surface area contributed by atoms with Gasteiger partial charge in [0.05, 0.1) is 12.6 Å². The van der Waals surface area contributed by atoms with Crippen LogP contribution in [0.1, 0.15) is 25.1 Å². The molecular formula is C10H15N3O2. The first kappa shape index (κ1) is 10.2. The predicted octanol–water partition coefficient (Wildman–Crippen LogP) is 0.461. The normalized spacial score (nSPS) is 17.9. The van der Waals surface area contributed by atoms with Crippen molar-refractivity contribution in [2.75, 3.05) is 13.1 Å². The Morgan fingerprint density at radius 3 is 2.80 bits per heavy atom. The van der Waals surface area contributed by atoms with Gasteiger partial charge in [-0.25, -0.2) is 0 Å². The minimum atomic E-state index is -0.297. The quantitative estimate of drug-likeness (QED) is 0.742. The molecule has 0 saturated carbocycles. The second-order valence-electron chi connectivity index (χ2n) is 3.89. The molecule has 1 aliphatic rings. The van der Waals surface area contributed by atoms with Crippen molar-refractivity contribution in [3.05, 3.63) is 22.2 Å². The molecule has 2 heterocycles. The minimum absolute atomic E-state index is 0.203. The molecule has 5 heteroatoms. The maximum absolute atomic E-state index is 11.1. The first-order chi connectivity index (χ1) is 7.24. The summed E-state index contributed by atoms with van der Waals surface area (Å²) < 4.78 is 0. The Labute approximate surface area is 87.8 Å². The molecule has 82 valence electrons. The smallest absolute Gasteiger partial charge is 0.254 e. The lowest BCUT2D eigenvalue weighted by molar-refractivity contribution is 0.215. The van der Waals surface area contributed by atoms with Crippen molar-refractivity contribution < 1.29 is 5.11 Å². The number of hydrogen-bond acceptors (Lipinski definition) is 4. The molecule has 0 radical (unpaired) electrons. The van der Waals surface area contributed by atoms with Crippen LogP contribution in [0, 0.1) is 0 Å². The maximum Gasteiger partial charge on any atom is 0.254 e. The SMILES string of the molecule is O=c1cc(O)nc(CN2CCCCC2)[nH]1. The molecular weight excluding hydrogens is 194 g/mol. The number of rotatable bonds is 2. The molecule has 1 fully saturated rings. The van der Waals surface area contributed by atoms with Gasteiger partial charge in [0.2, 0.25) is 5.88 Å². The molecule has 0 aliphatic carbocycles. The van der Waals surface area contributed by atoms with Gasteiger partial charge in [0.25, 0.3) is 5.56 Å². The van der Waals surface area contributed by atoms with Crippen molar-refractivity contribution in [3.63, 3.8) is 0 Å². The summed E-state index contributed by atoms with van der Waals surface area (Å²) in [6.45, 7) is 2.70. The monoisotopic (exact) mass is 209 g/mol. The van der Waals surface area contributed by atoms with Gasteiger partial charge in [-0.1, -0.05) is 6.42 Å². The largest absolute Gasteiger partial charge is 0.493 e. The predicted molar refractivity (Wildman–Crippen MR) is 55.7 cm³/mol. The van der Waals surface area contributed by atoms with Gasteiger partial charge in [0.1, 0.15) is 5.82 Å². The highest BCUT2D eigenvalue weighted by atomic mass is 16.3. The van der Waals surface area contributed by atoms with Crippen LogP contribution in [0.3, 0.4) is 0 Å². The van der Waals surface area contributed by atoms with E-state index in [1.807, 2.05) is 0 Å². The number of nitrogens with one attached hydrogen (secondary N) is 1. The number of H-pyrrole nitrogens is 1. The van der Waals surface area contributed by atoms with E-state index in [4.69, 9.17) is 0 Å². The number of aromatic hydroxyl groups is 1. The summed E-state index contributed by atoms with van der Waals surface area (Å²) in [7, 11) is 0. The van der Waals surface area contributed by atoms with Crippen molar-refractivity contribution in [2.24, 2.45) is 0 Å². The highest BCUT2D eigenvalue weighted by molar-refractivity contribution is 5.06. The molecule has 0 unspecified atom stereocenters. The number of aromatic amines is 1. The number of piperidine rings is 1. The standard InChI is InChI=1S/C10H15N3O2/c14-9-6-10(15)12-8(11-9)7-13-4-2-1-3-5-13/h6H,1-5,7H2,(H2,11,12,14,15). The third-order valence-corrected chi connectivity index (χ3v) is 2.60. The Bertz CT molecular complexity index is 382. The van der Waals surface area contributed by atoms with Crippen LogP contribution >= 0.6 is 0 Å². The minimum Gasteiger partial charge on any atom is -0.493 e. The average molecular weight is 209 g/mol. The molecule has 1 saturated heterocycles. The van der Waals surface area contributed by atoms with Gasteiger partial charge < -0.3 is 10.1 Å². The Morgan fingerprint density at radius 2 is 2.13 bits per heavy atom. The van der Waals surface area contributed by atoms with Crippen molar-refractivity contribution in [1.29, 1.82) is 0 Å². The molecule has 2 rings (SSSR count). The van der Waals surface area contributed by atoms with Crippen LogP contribution in [-0.4, -0.2) is 33.1 Å². The van der Waals surface area contributed by atoms with Crippen LogP contribution in [-0.2, 0) is 6.54 Å².